The highest BCUT2D eigenvalue weighted by Gasteiger charge is 2.39. The molecule has 3 heterocycles. The summed E-state index contributed by atoms with van der Waals surface area (Å²) in [4.78, 5) is 15.0. The van der Waals surface area contributed by atoms with Crippen LogP contribution in [0, 0.1) is 11.3 Å². The summed E-state index contributed by atoms with van der Waals surface area (Å²) in [5.74, 6) is 0.979. The van der Waals surface area contributed by atoms with Crippen molar-refractivity contribution in [3.8, 4) is 0 Å². The van der Waals surface area contributed by atoms with Gasteiger partial charge in [0.2, 0.25) is 5.91 Å². The zero-order chi connectivity index (χ0) is 17.2. The number of amides is 1. The van der Waals surface area contributed by atoms with Crippen LogP contribution in [0.4, 0.5) is 0 Å². The first-order valence-corrected chi connectivity index (χ1v) is 9.38. The largest absolute Gasteiger partial charge is 0.381 e. The van der Waals surface area contributed by atoms with E-state index in [1.165, 1.54) is 5.56 Å². The molecule has 0 spiro atoms. The molecule has 134 valence electrons. The predicted octanol–water partition coefficient (Wildman–Crippen LogP) is 3.06. The van der Waals surface area contributed by atoms with Crippen LogP contribution in [0.1, 0.15) is 58.1 Å². The lowest BCUT2D eigenvalue weighted by atomic mass is 9.80. The Labute approximate surface area is 145 Å². The van der Waals surface area contributed by atoms with E-state index in [9.17, 15) is 4.79 Å². The molecule has 2 aliphatic heterocycles. The van der Waals surface area contributed by atoms with Gasteiger partial charge in [-0.1, -0.05) is 20.8 Å². The number of carbonyl (C=O) groups excluding carboxylic acids is 1. The van der Waals surface area contributed by atoms with Gasteiger partial charge in [0.25, 0.3) is 0 Å². The molecule has 0 bridgehead atoms. The Morgan fingerprint density at radius 2 is 2.00 bits per heavy atom. The fraction of sp³-hybridized carbons (Fsp3) is 0.789. The molecule has 24 heavy (non-hydrogen) atoms. The van der Waals surface area contributed by atoms with Crippen LogP contribution in [0.2, 0.25) is 0 Å². The highest BCUT2D eigenvalue weighted by atomic mass is 16.5. The number of aromatic nitrogens is 2. The summed E-state index contributed by atoms with van der Waals surface area (Å²) in [7, 11) is 0. The van der Waals surface area contributed by atoms with Crippen LogP contribution in [0.5, 0.6) is 0 Å². The Morgan fingerprint density at radius 1 is 1.33 bits per heavy atom. The van der Waals surface area contributed by atoms with E-state index in [4.69, 9.17) is 4.74 Å². The molecule has 5 heteroatoms. The molecule has 0 radical (unpaired) electrons. The minimum atomic E-state index is -0.221. The minimum absolute atomic E-state index is 0.221. The van der Waals surface area contributed by atoms with Gasteiger partial charge in [-0.15, -0.1) is 0 Å². The lowest BCUT2D eigenvalue weighted by Crippen LogP contribution is -2.48. The number of likely N-dealkylation sites (tertiary alicyclic amines) is 1. The standard InChI is InChI=1S/C19H31N3O2/c1-15(2)12-16-13-20-22(14-16)17-4-8-21(9-5-17)18(23)19(3)6-10-24-11-7-19/h13-15,17H,4-12H2,1-3H3. The molecule has 5 nitrogen and oxygen atoms in total. The second kappa shape index (κ2) is 7.26. The summed E-state index contributed by atoms with van der Waals surface area (Å²) in [6.07, 6.45) is 8.98. The number of ether oxygens (including phenoxy) is 1. The maximum Gasteiger partial charge on any atom is 0.228 e. The van der Waals surface area contributed by atoms with Gasteiger partial charge in [-0.25, -0.2) is 0 Å². The van der Waals surface area contributed by atoms with Crippen molar-refractivity contribution in [3.05, 3.63) is 18.0 Å². The van der Waals surface area contributed by atoms with Crippen molar-refractivity contribution in [3.63, 3.8) is 0 Å². The van der Waals surface area contributed by atoms with Crippen molar-refractivity contribution in [1.82, 2.24) is 14.7 Å². The monoisotopic (exact) mass is 333 g/mol. The van der Waals surface area contributed by atoms with Crippen molar-refractivity contribution < 1.29 is 9.53 Å². The van der Waals surface area contributed by atoms with E-state index in [0.717, 1.165) is 45.2 Å². The molecule has 1 amide bonds. The first-order valence-electron chi connectivity index (χ1n) is 9.38. The maximum atomic E-state index is 12.9. The first kappa shape index (κ1) is 17.5. The van der Waals surface area contributed by atoms with Gasteiger partial charge in [0.1, 0.15) is 0 Å². The van der Waals surface area contributed by atoms with Gasteiger partial charge in [0.15, 0.2) is 0 Å². The van der Waals surface area contributed by atoms with Gasteiger partial charge in [0.05, 0.1) is 17.7 Å². The number of hydrogen-bond donors (Lipinski definition) is 0. The van der Waals surface area contributed by atoms with Crippen molar-refractivity contribution in [1.29, 1.82) is 0 Å². The van der Waals surface area contributed by atoms with Crippen molar-refractivity contribution in [2.24, 2.45) is 11.3 Å². The molecule has 2 fully saturated rings. The van der Waals surface area contributed by atoms with E-state index in [0.29, 0.717) is 31.1 Å². The highest BCUT2D eigenvalue weighted by Crippen LogP contribution is 2.34. The second-order valence-electron chi connectivity index (χ2n) is 8.12. The average molecular weight is 333 g/mol. The van der Waals surface area contributed by atoms with Crippen LogP contribution in [0.25, 0.3) is 0 Å². The Kier molecular flexibility index (Phi) is 5.28. The van der Waals surface area contributed by atoms with Crippen LogP contribution >= 0.6 is 0 Å². The van der Waals surface area contributed by atoms with E-state index < -0.39 is 0 Å². The van der Waals surface area contributed by atoms with Gasteiger partial charge in [0, 0.05) is 32.5 Å². The average Bonchev–Trinajstić information content (AvgIpc) is 3.03. The van der Waals surface area contributed by atoms with Crippen LogP contribution in [0.3, 0.4) is 0 Å². The van der Waals surface area contributed by atoms with Crippen molar-refractivity contribution >= 4 is 5.91 Å². The normalized spacial score (nSPS) is 22.1. The van der Waals surface area contributed by atoms with Gasteiger partial charge >= 0.3 is 0 Å². The fourth-order valence-corrected chi connectivity index (χ4v) is 3.90. The topological polar surface area (TPSA) is 47.4 Å². The molecule has 0 saturated carbocycles. The molecular weight excluding hydrogens is 302 g/mol. The smallest absolute Gasteiger partial charge is 0.228 e. The molecule has 0 aromatic carbocycles. The van der Waals surface area contributed by atoms with E-state index in [1.807, 2.05) is 6.20 Å². The quantitative estimate of drug-likeness (QED) is 0.851. The number of hydrogen-bond acceptors (Lipinski definition) is 3. The summed E-state index contributed by atoms with van der Waals surface area (Å²) in [5.41, 5.74) is 1.10. The number of carbonyl (C=O) groups is 1. The fourth-order valence-electron chi connectivity index (χ4n) is 3.90. The molecule has 1 aromatic rings. The lowest BCUT2D eigenvalue weighted by Gasteiger charge is -2.40. The Morgan fingerprint density at radius 3 is 2.62 bits per heavy atom. The second-order valence-corrected chi connectivity index (χ2v) is 8.12. The predicted molar refractivity (Wildman–Crippen MR) is 93.8 cm³/mol. The van der Waals surface area contributed by atoms with Crippen LogP contribution in [-0.4, -0.2) is 46.9 Å². The molecule has 2 saturated heterocycles. The zero-order valence-electron chi connectivity index (χ0n) is 15.3. The molecule has 0 unspecified atom stereocenters. The maximum absolute atomic E-state index is 12.9. The summed E-state index contributed by atoms with van der Waals surface area (Å²) in [5, 5.41) is 4.56. The van der Waals surface area contributed by atoms with Crippen LogP contribution in [0.15, 0.2) is 12.4 Å². The third-order valence-electron chi connectivity index (χ3n) is 5.54. The molecule has 0 N–H and O–H groups in total. The van der Waals surface area contributed by atoms with Gasteiger partial charge in [-0.2, -0.15) is 5.10 Å². The molecular formula is C19H31N3O2. The van der Waals surface area contributed by atoms with Gasteiger partial charge < -0.3 is 9.64 Å². The van der Waals surface area contributed by atoms with E-state index in [1.54, 1.807) is 0 Å². The first-order chi connectivity index (χ1) is 11.5. The number of rotatable bonds is 4. The number of nitrogens with zero attached hydrogens (tertiary/aromatic N) is 3. The molecule has 0 atom stereocenters. The minimum Gasteiger partial charge on any atom is -0.381 e. The Balaban J connectivity index is 1.55. The highest BCUT2D eigenvalue weighted by molar-refractivity contribution is 5.82. The molecule has 3 rings (SSSR count). The van der Waals surface area contributed by atoms with E-state index in [-0.39, 0.29) is 5.41 Å². The third kappa shape index (κ3) is 3.82. The lowest BCUT2D eigenvalue weighted by molar-refractivity contribution is -0.147. The summed E-state index contributed by atoms with van der Waals surface area (Å²) in [6.45, 7) is 9.69. The van der Waals surface area contributed by atoms with Crippen LogP contribution < -0.4 is 0 Å². The molecule has 2 aliphatic rings. The molecule has 1 aromatic heterocycles. The van der Waals surface area contributed by atoms with Gasteiger partial charge in [-0.3, -0.25) is 9.48 Å². The Hall–Kier alpha value is -1.36. The van der Waals surface area contributed by atoms with Crippen molar-refractivity contribution in [2.45, 2.75) is 58.9 Å². The van der Waals surface area contributed by atoms with Gasteiger partial charge in [-0.05, 0) is 43.6 Å². The SMILES string of the molecule is CC(C)Cc1cnn(C2CCN(C(=O)C3(C)CCOCC3)CC2)c1. The third-order valence-corrected chi connectivity index (χ3v) is 5.54. The Bertz CT molecular complexity index is 553. The molecule has 0 aliphatic carbocycles. The van der Waals surface area contributed by atoms with E-state index in [2.05, 4.69) is 41.6 Å². The van der Waals surface area contributed by atoms with E-state index >= 15 is 0 Å². The van der Waals surface area contributed by atoms with Crippen molar-refractivity contribution in [2.75, 3.05) is 26.3 Å². The summed E-state index contributed by atoms with van der Waals surface area (Å²) in [6, 6.07) is 0.428. The zero-order valence-corrected chi connectivity index (χ0v) is 15.3. The summed E-state index contributed by atoms with van der Waals surface area (Å²) >= 11 is 0. The summed E-state index contributed by atoms with van der Waals surface area (Å²) < 4.78 is 7.55. The van der Waals surface area contributed by atoms with Crippen LogP contribution in [-0.2, 0) is 16.0 Å². The number of piperidine rings is 1.